The molecule has 2 aromatic heterocycles. The van der Waals surface area contributed by atoms with Gasteiger partial charge in [-0.1, -0.05) is 33.1 Å². The molecule has 3 unspecified atom stereocenters. The Balaban J connectivity index is 1.57. The average molecular weight is 515 g/mol. The number of rotatable bonds is 13. The minimum absolute atomic E-state index is 0.0594. The second-order valence-electron chi connectivity index (χ2n) is 10.7. The van der Waals surface area contributed by atoms with Gasteiger partial charge >= 0.3 is 0 Å². The smallest absolute Gasteiger partial charge is 0.252 e. The van der Waals surface area contributed by atoms with Crippen LogP contribution in [0.1, 0.15) is 69.8 Å². The largest absolute Gasteiger partial charge is 0.383 e. The molecule has 2 N–H and O–H groups in total. The molecule has 0 aliphatic carbocycles. The number of piperidine rings is 1. The zero-order valence-electron chi connectivity index (χ0n) is 23.2. The predicted octanol–water partition coefficient (Wildman–Crippen LogP) is 2.44. The standard InChI is InChI=1S/C27H46N8O2/c1-5-20(2)8-6-10-22(28-3)24-19-35-27(30-24)31-25(34-14-12-33(13-15-34)16-17-37-4)23(32-35)18-21-9-7-11-29-26(21)36/h19-22,28H,5-18H2,1-4H3,(H,29,36). The number of nitrogens with zero attached hydrogens (tertiary/aromatic N) is 6. The maximum absolute atomic E-state index is 12.6. The first kappa shape index (κ1) is 27.7. The SMILES string of the molecule is CCC(C)CCCC(NC)c1cn2nc(CC3CCCNC3=O)c(N3CCN(CCOC)CC3)nc2n1. The molecule has 4 heterocycles. The van der Waals surface area contributed by atoms with Crippen molar-refractivity contribution < 1.29 is 9.53 Å². The lowest BCUT2D eigenvalue weighted by molar-refractivity contribution is -0.126. The minimum Gasteiger partial charge on any atom is -0.383 e. The summed E-state index contributed by atoms with van der Waals surface area (Å²) in [4.78, 5) is 27.3. The van der Waals surface area contributed by atoms with Crippen molar-refractivity contribution in [2.75, 3.05) is 64.9 Å². The molecule has 0 aromatic carbocycles. The second kappa shape index (κ2) is 13.5. The lowest BCUT2D eigenvalue weighted by Gasteiger charge is -2.36. The van der Waals surface area contributed by atoms with Crippen molar-refractivity contribution in [3.63, 3.8) is 0 Å². The molecule has 4 rings (SSSR count). The molecular formula is C27H46N8O2. The van der Waals surface area contributed by atoms with E-state index in [2.05, 4.69) is 34.3 Å². The fourth-order valence-corrected chi connectivity index (χ4v) is 5.40. The van der Waals surface area contributed by atoms with E-state index in [1.54, 1.807) is 7.11 Å². The van der Waals surface area contributed by atoms with E-state index >= 15 is 0 Å². The highest BCUT2D eigenvalue weighted by Gasteiger charge is 2.28. The lowest BCUT2D eigenvalue weighted by Crippen LogP contribution is -2.48. The second-order valence-corrected chi connectivity index (χ2v) is 10.7. The van der Waals surface area contributed by atoms with Gasteiger partial charge in [0.25, 0.3) is 5.78 Å². The molecule has 10 heteroatoms. The van der Waals surface area contributed by atoms with E-state index < -0.39 is 0 Å². The van der Waals surface area contributed by atoms with Crippen LogP contribution in [0, 0.1) is 11.8 Å². The van der Waals surface area contributed by atoms with Crippen LogP contribution in [0.3, 0.4) is 0 Å². The molecule has 2 fully saturated rings. The Hall–Kier alpha value is -2.30. The number of anilines is 1. The fraction of sp³-hybridized carbons (Fsp3) is 0.778. The molecule has 1 amide bonds. The lowest BCUT2D eigenvalue weighted by atomic mass is 9.93. The Morgan fingerprint density at radius 1 is 1.22 bits per heavy atom. The first-order valence-corrected chi connectivity index (χ1v) is 14.2. The number of hydrogen-bond acceptors (Lipinski definition) is 8. The molecule has 2 aromatic rings. The Kier molecular flexibility index (Phi) is 10.1. The third-order valence-corrected chi connectivity index (χ3v) is 8.10. The van der Waals surface area contributed by atoms with E-state index in [0.717, 1.165) is 94.7 Å². The van der Waals surface area contributed by atoms with Crippen molar-refractivity contribution in [1.82, 2.24) is 35.1 Å². The number of amides is 1. The molecule has 2 aliphatic rings. The van der Waals surface area contributed by atoms with E-state index in [9.17, 15) is 4.79 Å². The van der Waals surface area contributed by atoms with Crippen LogP contribution in [0.2, 0.25) is 0 Å². The number of piperazine rings is 1. The van der Waals surface area contributed by atoms with Crippen LogP contribution in [0.15, 0.2) is 6.20 Å². The highest BCUT2D eigenvalue weighted by molar-refractivity contribution is 5.79. The fourth-order valence-electron chi connectivity index (χ4n) is 5.40. The Labute approximate surface area is 221 Å². The maximum Gasteiger partial charge on any atom is 0.252 e. The van der Waals surface area contributed by atoms with E-state index in [0.29, 0.717) is 12.2 Å². The molecule has 10 nitrogen and oxygen atoms in total. The molecule has 0 spiro atoms. The number of ether oxygens (including phenoxy) is 1. The van der Waals surface area contributed by atoms with Crippen molar-refractivity contribution in [2.45, 2.75) is 64.8 Å². The number of nitrogens with one attached hydrogen (secondary N) is 2. The third-order valence-electron chi connectivity index (χ3n) is 8.10. The number of carbonyl (C=O) groups excluding carboxylic acids is 1. The van der Waals surface area contributed by atoms with Crippen LogP contribution in [-0.2, 0) is 16.0 Å². The van der Waals surface area contributed by atoms with Crippen LogP contribution in [-0.4, -0.2) is 90.4 Å². The summed E-state index contributed by atoms with van der Waals surface area (Å²) in [5.74, 6) is 2.33. The van der Waals surface area contributed by atoms with Gasteiger partial charge in [0.05, 0.1) is 24.5 Å². The number of aromatic nitrogens is 4. The summed E-state index contributed by atoms with van der Waals surface area (Å²) >= 11 is 0. The third kappa shape index (κ3) is 7.18. The summed E-state index contributed by atoms with van der Waals surface area (Å²) in [7, 11) is 3.75. The highest BCUT2D eigenvalue weighted by atomic mass is 16.5. The van der Waals surface area contributed by atoms with E-state index in [1.165, 1.54) is 12.8 Å². The van der Waals surface area contributed by atoms with Gasteiger partial charge in [0.2, 0.25) is 5.91 Å². The first-order valence-electron chi connectivity index (χ1n) is 14.2. The van der Waals surface area contributed by atoms with Gasteiger partial charge < -0.3 is 20.3 Å². The monoisotopic (exact) mass is 514 g/mol. The van der Waals surface area contributed by atoms with E-state index in [-0.39, 0.29) is 17.9 Å². The van der Waals surface area contributed by atoms with Gasteiger partial charge in [0.1, 0.15) is 5.69 Å². The zero-order valence-corrected chi connectivity index (χ0v) is 23.2. The number of fused-ring (bicyclic) bond motifs is 1. The summed E-state index contributed by atoms with van der Waals surface area (Å²) < 4.78 is 7.08. The molecule has 3 atom stereocenters. The van der Waals surface area contributed by atoms with Crippen molar-refractivity contribution in [3.8, 4) is 0 Å². The molecule has 206 valence electrons. The zero-order chi connectivity index (χ0) is 26.2. The van der Waals surface area contributed by atoms with Gasteiger partial charge in [-0.25, -0.2) is 9.50 Å². The van der Waals surface area contributed by atoms with Crippen LogP contribution in [0.4, 0.5) is 5.82 Å². The van der Waals surface area contributed by atoms with Crippen LogP contribution >= 0.6 is 0 Å². The quantitative estimate of drug-likeness (QED) is 0.421. The predicted molar refractivity (Wildman–Crippen MR) is 146 cm³/mol. The first-order chi connectivity index (χ1) is 18.0. The molecule has 2 saturated heterocycles. The van der Waals surface area contributed by atoms with Crippen LogP contribution in [0.25, 0.3) is 5.78 Å². The summed E-state index contributed by atoms with van der Waals surface area (Å²) in [5, 5.41) is 11.5. The molecule has 0 bridgehead atoms. The van der Waals surface area contributed by atoms with Crippen molar-refractivity contribution in [1.29, 1.82) is 0 Å². The average Bonchev–Trinajstić information content (AvgIpc) is 3.33. The van der Waals surface area contributed by atoms with Crippen LogP contribution < -0.4 is 15.5 Å². The van der Waals surface area contributed by atoms with Gasteiger partial charge in [-0.05, 0) is 32.2 Å². The number of carbonyl (C=O) groups is 1. The Bertz CT molecular complexity index is 1000. The Morgan fingerprint density at radius 3 is 2.73 bits per heavy atom. The van der Waals surface area contributed by atoms with Gasteiger partial charge in [0, 0.05) is 58.7 Å². The van der Waals surface area contributed by atoms with Crippen molar-refractivity contribution in [2.24, 2.45) is 11.8 Å². The maximum atomic E-state index is 12.6. The van der Waals surface area contributed by atoms with E-state index in [4.69, 9.17) is 19.8 Å². The summed E-state index contributed by atoms with van der Waals surface area (Å²) in [6, 6.07) is 0.174. The van der Waals surface area contributed by atoms with Crippen molar-refractivity contribution in [3.05, 3.63) is 17.6 Å². The highest BCUT2D eigenvalue weighted by Crippen LogP contribution is 2.26. The summed E-state index contributed by atoms with van der Waals surface area (Å²) in [6.07, 6.45) is 9.17. The van der Waals surface area contributed by atoms with Crippen LogP contribution in [0.5, 0.6) is 0 Å². The molecule has 2 aliphatic heterocycles. The summed E-state index contributed by atoms with van der Waals surface area (Å²) in [5.41, 5.74) is 1.87. The van der Waals surface area contributed by atoms with Gasteiger partial charge in [-0.15, -0.1) is 0 Å². The number of methoxy groups -OCH3 is 1. The number of imidazole rings is 1. The van der Waals surface area contributed by atoms with Gasteiger partial charge in [-0.3, -0.25) is 9.69 Å². The minimum atomic E-state index is -0.0594. The summed E-state index contributed by atoms with van der Waals surface area (Å²) in [6.45, 7) is 10.7. The number of hydrogen-bond donors (Lipinski definition) is 2. The van der Waals surface area contributed by atoms with Crippen molar-refractivity contribution >= 4 is 17.5 Å². The molecule has 37 heavy (non-hydrogen) atoms. The normalized spacial score (nSPS) is 20.8. The topological polar surface area (TPSA) is 99.9 Å². The molecule has 0 saturated carbocycles. The Morgan fingerprint density at radius 2 is 2.03 bits per heavy atom. The van der Waals surface area contributed by atoms with Gasteiger partial charge in [-0.2, -0.15) is 10.1 Å². The van der Waals surface area contributed by atoms with E-state index in [1.807, 2.05) is 17.8 Å². The molecule has 0 radical (unpaired) electrons. The van der Waals surface area contributed by atoms with Gasteiger partial charge in [0.15, 0.2) is 5.82 Å². The molecular weight excluding hydrogens is 468 g/mol.